The van der Waals surface area contributed by atoms with E-state index < -0.39 is 0 Å². The molecule has 0 aliphatic rings. The van der Waals surface area contributed by atoms with Crippen molar-refractivity contribution in [3.63, 3.8) is 0 Å². The van der Waals surface area contributed by atoms with Crippen molar-refractivity contribution >= 4 is 33.0 Å². The van der Waals surface area contributed by atoms with Crippen LogP contribution in [0.3, 0.4) is 0 Å². The lowest BCUT2D eigenvalue weighted by molar-refractivity contribution is 0.427. The Hall–Kier alpha value is -0.800. The smallest absolute Gasteiger partial charge is 0.174 e. The van der Waals surface area contributed by atoms with E-state index in [0.717, 1.165) is 5.39 Å². The Morgan fingerprint density at radius 1 is 1.50 bits per heavy atom. The molecule has 14 heavy (non-hydrogen) atoms. The third kappa shape index (κ3) is 1.47. The molecule has 74 valence electrons. The average molecular weight is 231 g/mol. The molecule has 1 aromatic heterocycles. The van der Waals surface area contributed by atoms with Crippen molar-refractivity contribution in [2.75, 3.05) is 7.11 Å². The Balaban J connectivity index is 2.68. The Morgan fingerprint density at radius 3 is 2.93 bits per heavy atom. The number of fused-ring (bicyclic) bond motifs is 1. The molecule has 2 aromatic rings. The lowest BCUT2D eigenvalue weighted by atomic mass is 10.2. The number of halogens is 2. The van der Waals surface area contributed by atoms with E-state index in [1.165, 1.54) is 11.3 Å². The van der Waals surface area contributed by atoms with Gasteiger partial charge >= 0.3 is 0 Å². The molecule has 0 unspecified atom stereocenters. The van der Waals surface area contributed by atoms with Gasteiger partial charge in [0.05, 0.1) is 17.7 Å². The fourth-order valence-electron chi connectivity index (χ4n) is 1.29. The molecular formula is C10H8ClFOS. The van der Waals surface area contributed by atoms with Crippen LogP contribution in [0.2, 0.25) is 0 Å². The van der Waals surface area contributed by atoms with Crippen LogP contribution in [0.15, 0.2) is 18.2 Å². The van der Waals surface area contributed by atoms with E-state index in [0.29, 0.717) is 15.3 Å². The second kappa shape index (κ2) is 3.75. The summed E-state index contributed by atoms with van der Waals surface area (Å²) < 4.78 is 19.3. The monoisotopic (exact) mass is 230 g/mol. The molecule has 0 saturated carbocycles. The zero-order chi connectivity index (χ0) is 10.1. The third-order valence-corrected chi connectivity index (χ3v) is 3.42. The Labute approximate surface area is 90.1 Å². The van der Waals surface area contributed by atoms with Crippen molar-refractivity contribution in [2.24, 2.45) is 0 Å². The van der Waals surface area contributed by atoms with Crippen LogP contribution in [0.25, 0.3) is 10.1 Å². The second-order valence-electron chi connectivity index (χ2n) is 2.86. The molecule has 0 aliphatic carbocycles. The van der Waals surface area contributed by atoms with Crippen molar-refractivity contribution in [1.29, 1.82) is 0 Å². The topological polar surface area (TPSA) is 9.23 Å². The minimum Gasteiger partial charge on any atom is -0.487 e. The van der Waals surface area contributed by atoms with Crippen molar-refractivity contribution in [2.45, 2.75) is 5.88 Å². The highest BCUT2D eigenvalue weighted by molar-refractivity contribution is 7.20. The van der Waals surface area contributed by atoms with Gasteiger partial charge in [-0.15, -0.1) is 11.6 Å². The summed E-state index contributed by atoms with van der Waals surface area (Å²) in [5.74, 6) is -0.0343. The zero-order valence-corrected chi connectivity index (χ0v) is 9.08. The number of ether oxygens (including phenoxy) is 1. The summed E-state index contributed by atoms with van der Waals surface area (Å²) in [6.07, 6.45) is 0. The van der Waals surface area contributed by atoms with E-state index >= 15 is 0 Å². The fourth-order valence-corrected chi connectivity index (χ4v) is 2.43. The predicted molar refractivity (Wildman–Crippen MR) is 57.9 cm³/mol. The maximum absolute atomic E-state index is 13.7. The summed E-state index contributed by atoms with van der Waals surface area (Å²) >= 11 is 6.90. The molecule has 0 bridgehead atoms. The van der Waals surface area contributed by atoms with Crippen molar-refractivity contribution in [3.05, 3.63) is 29.6 Å². The Kier molecular flexibility index (Phi) is 2.61. The van der Waals surface area contributed by atoms with Crippen LogP contribution in [0.4, 0.5) is 4.39 Å². The van der Waals surface area contributed by atoms with E-state index in [1.807, 2.05) is 12.1 Å². The van der Waals surface area contributed by atoms with Crippen LogP contribution in [-0.4, -0.2) is 7.11 Å². The van der Waals surface area contributed by atoms with Crippen LogP contribution in [-0.2, 0) is 5.88 Å². The van der Waals surface area contributed by atoms with E-state index in [2.05, 4.69) is 0 Å². The van der Waals surface area contributed by atoms with Gasteiger partial charge < -0.3 is 4.74 Å². The maximum Gasteiger partial charge on any atom is 0.174 e. The molecule has 0 amide bonds. The first-order valence-corrected chi connectivity index (χ1v) is 5.42. The molecule has 0 atom stereocenters. The molecule has 4 heteroatoms. The van der Waals surface area contributed by atoms with Crippen LogP contribution in [0.5, 0.6) is 5.06 Å². The molecule has 1 nitrogen and oxygen atoms in total. The van der Waals surface area contributed by atoms with Gasteiger partial charge in [0.2, 0.25) is 0 Å². The molecule has 1 aromatic carbocycles. The number of methoxy groups -OCH3 is 1. The molecule has 0 saturated heterocycles. The van der Waals surface area contributed by atoms with E-state index in [9.17, 15) is 4.39 Å². The number of hydrogen-bond acceptors (Lipinski definition) is 2. The van der Waals surface area contributed by atoms with Crippen molar-refractivity contribution in [1.82, 2.24) is 0 Å². The summed E-state index contributed by atoms with van der Waals surface area (Å²) in [6, 6.07) is 5.38. The molecule has 0 aliphatic heterocycles. The molecule has 0 N–H and O–H groups in total. The number of rotatable bonds is 2. The number of alkyl halides is 1. The quantitative estimate of drug-likeness (QED) is 0.714. The normalized spacial score (nSPS) is 10.8. The van der Waals surface area contributed by atoms with Crippen LogP contribution in [0, 0.1) is 5.82 Å². The molecule has 0 fully saturated rings. The highest BCUT2D eigenvalue weighted by Crippen LogP contribution is 2.34. The molecule has 0 spiro atoms. The Bertz CT molecular complexity index is 466. The van der Waals surface area contributed by atoms with Crippen molar-refractivity contribution < 1.29 is 9.13 Å². The van der Waals surface area contributed by atoms with Crippen LogP contribution >= 0.6 is 22.9 Å². The van der Waals surface area contributed by atoms with Gasteiger partial charge in [-0.05, 0) is 11.5 Å². The SMILES string of the molecule is COc1cc2ccc(CCl)c(F)c2s1. The lowest BCUT2D eigenvalue weighted by Gasteiger charge is -1.97. The van der Waals surface area contributed by atoms with Gasteiger partial charge in [-0.25, -0.2) is 4.39 Å². The van der Waals surface area contributed by atoms with Gasteiger partial charge in [0.25, 0.3) is 0 Å². The minimum absolute atomic E-state index is 0.196. The lowest BCUT2D eigenvalue weighted by Crippen LogP contribution is -1.84. The summed E-state index contributed by atoms with van der Waals surface area (Å²) in [6.45, 7) is 0. The van der Waals surface area contributed by atoms with Gasteiger partial charge in [-0.3, -0.25) is 0 Å². The summed E-state index contributed by atoms with van der Waals surface area (Å²) in [4.78, 5) is 0. The molecule has 0 radical (unpaired) electrons. The largest absolute Gasteiger partial charge is 0.487 e. The second-order valence-corrected chi connectivity index (χ2v) is 4.14. The highest BCUT2D eigenvalue weighted by Gasteiger charge is 2.10. The van der Waals surface area contributed by atoms with E-state index in [-0.39, 0.29) is 11.7 Å². The van der Waals surface area contributed by atoms with Gasteiger partial charge in [-0.1, -0.05) is 23.5 Å². The van der Waals surface area contributed by atoms with E-state index in [4.69, 9.17) is 16.3 Å². The standard InChI is InChI=1S/C10H8ClFOS/c1-13-8-4-6-2-3-7(5-11)9(12)10(6)14-8/h2-4H,5H2,1H3. The molecule has 1 heterocycles. The van der Waals surface area contributed by atoms with Crippen LogP contribution < -0.4 is 4.74 Å². The van der Waals surface area contributed by atoms with E-state index in [1.54, 1.807) is 13.2 Å². The summed E-state index contributed by atoms with van der Waals surface area (Å²) in [5, 5.41) is 1.57. The first kappa shape index (κ1) is 9.74. The Morgan fingerprint density at radius 2 is 2.29 bits per heavy atom. The average Bonchev–Trinajstić information content (AvgIpc) is 2.62. The summed E-state index contributed by atoms with van der Waals surface area (Å²) in [5.41, 5.74) is 0.531. The van der Waals surface area contributed by atoms with Gasteiger partial charge in [-0.2, -0.15) is 0 Å². The first-order valence-electron chi connectivity index (χ1n) is 4.07. The van der Waals surface area contributed by atoms with Gasteiger partial charge in [0, 0.05) is 5.56 Å². The summed E-state index contributed by atoms with van der Waals surface area (Å²) in [7, 11) is 1.57. The number of thiophene rings is 1. The highest BCUT2D eigenvalue weighted by atomic mass is 35.5. The van der Waals surface area contributed by atoms with Crippen LogP contribution in [0.1, 0.15) is 5.56 Å². The van der Waals surface area contributed by atoms with Crippen molar-refractivity contribution in [3.8, 4) is 5.06 Å². The van der Waals surface area contributed by atoms with Gasteiger partial charge in [0.1, 0.15) is 5.82 Å². The number of benzene rings is 1. The fraction of sp³-hybridized carbons (Fsp3) is 0.200. The molecule has 2 rings (SSSR count). The predicted octanol–water partition coefficient (Wildman–Crippen LogP) is 3.79. The maximum atomic E-state index is 13.7. The first-order chi connectivity index (χ1) is 6.76. The minimum atomic E-state index is -0.231. The third-order valence-electron chi connectivity index (χ3n) is 2.03. The number of hydrogen-bond donors (Lipinski definition) is 0. The molecular weight excluding hydrogens is 223 g/mol. The zero-order valence-electron chi connectivity index (χ0n) is 7.51. The van der Waals surface area contributed by atoms with Gasteiger partial charge in [0.15, 0.2) is 5.06 Å².